The molecule has 0 aliphatic heterocycles. The van der Waals surface area contributed by atoms with Crippen molar-refractivity contribution in [2.45, 2.75) is 12.6 Å². The topological polar surface area (TPSA) is 58.6 Å². The summed E-state index contributed by atoms with van der Waals surface area (Å²) in [5.74, 6) is 0. The average Bonchev–Trinajstić information content (AvgIpc) is 2.52. The lowest BCUT2D eigenvalue weighted by Crippen LogP contribution is -2.31. The molecular formula is C16H16INO3. The van der Waals surface area contributed by atoms with Crippen molar-refractivity contribution in [2.24, 2.45) is 0 Å². The Balaban J connectivity index is 1.93. The van der Waals surface area contributed by atoms with Gasteiger partial charge in [0, 0.05) is 3.57 Å². The van der Waals surface area contributed by atoms with Crippen LogP contribution in [0.5, 0.6) is 0 Å². The fourth-order valence-electron chi connectivity index (χ4n) is 1.89. The number of halogens is 1. The number of aliphatic hydroxyl groups is 1. The highest BCUT2D eigenvalue weighted by Gasteiger charge is 2.16. The van der Waals surface area contributed by atoms with Gasteiger partial charge in [-0.15, -0.1) is 0 Å². The second kappa shape index (κ2) is 7.99. The number of aliphatic hydroxyl groups excluding tert-OH is 1. The van der Waals surface area contributed by atoms with Crippen LogP contribution in [0.1, 0.15) is 17.2 Å². The third-order valence-corrected chi connectivity index (χ3v) is 3.95. The first-order valence-electron chi connectivity index (χ1n) is 6.53. The summed E-state index contributed by atoms with van der Waals surface area (Å²) in [6, 6.07) is 16.6. The number of nitrogens with one attached hydrogen (secondary N) is 1. The van der Waals surface area contributed by atoms with Crippen LogP contribution in [0.2, 0.25) is 0 Å². The second-order valence-electron chi connectivity index (χ2n) is 4.46. The van der Waals surface area contributed by atoms with Gasteiger partial charge in [0.2, 0.25) is 0 Å². The largest absolute Gasteiger partial charge is 0.445 e. The van der Waals surface area contributed by atoms with Crippen molar-refractivity contribution >= 4 is 28.7 Å². The molecule has 0 heterocycles. The smallest absolute Gasteiger partial charge is 0.408 e. The van der Waals surface area contributed by atoms with Crippen LogP contribution in [0, 0.1) is 3.57 Å². The molecule has 2 rings (SSSR count). The molecule has 2 aromatic rings. The summed E-state index contributed by atoms with van der Waals surface area (Å²) in [5, 5.41) is 12.1. The van der Waals surface area contributed by atoms with E-state index in [0.717, 1.165) is 14.7 Å². The number of carbonyl (C=O) groups excluding carboxylic acids is 1. The zero-order valence-electron chi connectivity index (χ0n) is 11.3. The minimum absolute atomic E-state index is 0.180. The van der Waals surface area contributed by atoms with Crippen molar-refractivity contribution < 1.29 is 14.6 Å². The molecule has 2 N–H and O–H groups in total. The van der Waals surface area contributed by atoms with Crippen LogP contribution >= 0.6 is 22.6 Å². The predicted molar refractivity (Wildman–Crippen MR) is 88.7 cm³/mol. The van der Waals surface area contributed by atoms with Gasteiger partial charge in [-0.05, 0) is 39.8 Å². The van der Waals surface area contributed by atoms with E-state index in [0.29, 0.717) is 0 Å². The molecule has 0 aliphatic carbocycles. The Kier molecular flexibility index (Phi) is 6.01. The van der Waals surface area contributed by atoms with Gasteiger partial charge in [0.1, 0.15) is 6.61 Å². The summed E-state index contributed by atoms with van der Waals surface area (Å²) in [6.45, 7) is 0.0250. The lowest BCUT2D eigenvalue weighted by Gasteiger charge is -2.18. The molecule has 0 aromatic heterocycles. The quantitative estimate of drug-likeness (QED) is 0.762. The van der Waals surface area contributed by atoms with Crippen LogP contribution in [0.15, 0.2) is 54.6 Å². The van der Waals surface area contributed by atoms with Gasteiger partial charge in [-0.2, -0.15) is 0 Å². The van der Waals surface area contributed by atoms with E-state index >= 15 is 0 Å². The molecule has 5 heteroatoms. The van der Waals surface area contributed by atoms with Crippen molar-refractivity contribution in [3.63, 3.8) is 0 Å². The summed E-state index contributed by atoms with van der Waals surface area (Å²) in [6.07, 6.45) is -0.544. The molecule has 0 aliphatic rings. The molecule has 0 spiro atoms. The Morgan fingerprint density at radius 1 is 1.14 bits per heavy atom. The van der Waals surface area contributed by atoms with Gasteiger partial charge in [0.05, 0.1) is 12.6 Å². The van der Waals surface area contributed by atoms with Crippen molar-refractivity contribution in [1.29, 1.82) is 0 Å². The zero-order valence-corrected chi connectivity index (χ0v) is 13.5. The number of hydrogen-bond donors (Lipinski definition) is 2. The Morgan fingerprint density at radius 2 is 1.81 bits per heavy atom. The van der Waals surface area contributed by atoms with E-state index in [2.05, 4.69) is 27.9 Å². The lowest BCUT2D eigenvalue weighted by molar-refractivity contribution is 0.129. The third kappa shape index (κ3) is 4.71. The third-order valence-electron chi connectivity index (χ3n) is 2.97. The van der Waals surface area contributed by atoms with Gasteiger partial charge >= 0.3 is 6.09 Å². The van der Waals surface area contributed by atoms with E-state index in [1.807, 2.05) is 54.6 Å². The number of alkyl carbamates (subject to hydrolysis) is 1. The van der Waals surface area contributed by atoms with Crippen LogP contribution in [-0.2, 0) is 11.3 Å². The van der Waals surface area contributed by atoms with Gasteiger partial charge in [0.25, 0.3) is 0 Å². The second-order valence-corrected chi connectivity index (χ2v) is 5.62. The molecule has 0 bridgehead atoms. The first kappa shape index (κ1) is 15.8. The lowest BCUT2D eigenvalue weighted by atomic mass is 10.1. The van der Waals surface area contributed by atoms with Crippen LogP contribution in [-0.4, -0.2) is 17.8 Å². The first-order valence-corrected chi connectivity index (χ1v) is 7.61. The van der Waals surface area contributed by atoms with E-state index in [-0.39, 0.29) is 13.2 Å². The summed E-state index contributed by atoms with van der Waals surface area (Å²) >= 11 is 2.17. The van der Waals surface area contributed by atoms with E-state index in [1.54, 1.807) is 0 Å². The van der Waals surface area contributed by atoms with Gasteiger partial charge in [-0.1, -0.05) is 48.5 Å². The maximum Gasteiger partial charge on any atom is 0.408 e. The van der Waals surface area contributed by atoms with Crippen molar-refractivity contribution in [2.75, 3.05) is 6.61 Å². The van der Waals surface area contributed by atoms with E-state index in [9.17, 15) is 9.90 Å². The predicted octanol–water partition coefficient (Wildman–Crippen LogP) is 3.25. The molecule has 110 valence electrons. The van der Waals surface area contributed by atoms with E-state index in [4.69, 9.17) is 4.74 Å². The van der Waals surface area contributed by atoms with E-state index < -0.39 is 12.1 Å². The highest BCUT2D eigenvalue weighted by molar-refractivity contribution is 14.1. The maximum absolute atomic E-state index is 11.8. The molecule has 0 radical (unpaired) electrons. The van der Waals surface area contributed by atoms with Crippen LogP contribution in [0.4, 0.5) is 4.79 Å². The van der Waals surface area contributed by atoms with E-state index in [1.165, 1.54) is 0 Å². The van der Waals surface area contributed by atoms with Crippen LogP contribution in [0.25, 0.3) is 0 Å². The molecule has 0 saturated heterocycles. The number of ether oxygens (including phenoxy) is 1. The summed E-state index contributed by atoms with van der Waals surface area (Å²) in [7, 11) is 0. The van der Waals surface area contributed by atoms with Crippen molar-refractivity contribution in [1.82, 2.24) is 5.32 Å². The standard InChI is InChI=1S/C16H16INO3/c17-14-9-5-4-8-13(14)15(10-19)18-16(20)21-11-12-6-2-1-3-7-12/h1-9,15,19H,10-11H2,(H,18,20). The molecule has 0 saturated carbocycles. The van der Waals surface area contributed by atoms with Gasteiger partial charge in [-0.3, -0.25) is 0 Å². The summed E-state index contributed by atoms with van der Waals surface area (Å²) in [4.78, 5) is 11.8. The van der Waals surface area contributed by atoms with Gasteiger partial charge in [-0.25, -0.2) is 4.79 Å². The molecule has 1 unspecified atom stereocenters. The number of amides is 1. The Morgan fingerprint density at radius 3 is 2.48 bits per heavy atom. The number of carbonyl (C=O) groups is 1. The fourth-order valence-corrected chi connectivity index (χ4v) is 2.65. The molecule has 0 fully saturated rings. The van der Waals surface area contributed by atoms with Gasteiger partial charge < -0.3 is 15.2 Å². The molecule has 4 nitrogen and oxygen atoms in total. The zero-order chi connectivity index (χ0) is 15.1. The minimum atomic E-state index is -0.544. The normalized spacial score (nSPS) is 11.7. The summed E-state index contributed by atoms with van der Waals surface area (Å²) < 4.78 is 6.14. The highest BCUT2D eigenvalue weighted by Crippen LogP contribution is 2.19. The van der Waals surface area contributed by atoms with Crippen LogP contribution in [0.3, 0.4) is 0 Å². The highest BCUT2D eigenvalue weighted by atomic mass is 127. The Bertz CT molecular complexity index is 589. The molecule has 2 aromatic carbocycles. The van der Waals surface area contributed by atoms with Gasteiger partial charge in [0.15, 0.2) is 0 Å². The monoisotopic (exact) mass is 397 g/mol. The maximum atomic E-state index is 11.8. The number of benzene rings is 2. The van der Waals surface area contributed by atoms with Crippen molar-refractivity contribution in [3.8, 4) is 0 Å². The molecule has 21 heavy (non-hydrogen) atoms. The van der Waals surface area contributed by atoms with Crippen molar-refractivity contribution in [3.05, 3.63) is 69.3 Å². The molecule has 1 atom stereocenters. The average molecular weight is 397 g/mol. The number of rotatable bonds is 5. The first-order chi connectivity index (χ1) is 10.2. The summed E-state index contributed by atoms with van der Waals surface area (Å²) in [5.41, 5.74) is 1.79. The minimum Gasteiger partial charge on any atom is -0.445 e. The molecular weight excluding hydrogens is 381 g/mol. The Labute approximate surface area is 137 Å². The SMILES string of the molecule is O=C(NC(CO)c1ccccc1I)OCc1ccccc1. The van der Waals surface area contributed by atoms with Crippen LogP contribution < -0.4 is 5.32 Å². The Hall–Kier alpha value is -1.60. The molecule has 1 amide bonds. The number of hydrogen-bond acceptors (Lipinski definition) is 3. The fraction of sp³-hybridized carbons (Fsp3) is 0.188.